The Balaban J connectivity index is 2.17. The molecular weight excluding hydrogens is 348 g/mol. The Hall–Kier alpha value is -3.15. The maximum absolute atomic E-state index is 13.0. The number of benzene rings is 2. The van der Waals surface area contributed by atoms with Crippen molar-refractivity contribution >= 4 is 18.2 Å². The second-order valence-corrected chi connectivity index (χ2v) is 7.23. The highest BCUT2D eigenvalue weighted by Gasteiger charge is 2.36. The lowest BCUT2D eigenvalue weighted by Gasteiger charge is -2.30. The van der Waals surface area contributed by atoms with Crippen molar-refractivity contribution in [2.24, 2.45) is 0 Å². The number of methoxy groups -OCH3 is 1. The van der Waals surface area contributed by atoms with Crippen molar-refractivity contribution in [3.63, 3.8) is 0 Å². The molecule has 0 fully saturated rings. The van der Waals surface area contributed by atoms with Gasteiger partial charge in [0.2, 0.25) is 0 Å². The number of carbonyl (C=O) groups excluding carboxylic acids is 3. The predicted molar refractivity (Wildman–Crippen MR) is 97.4 cm³/mol. The molecule has 2 aromatic carbocycles. The number of ether oxygens (including phenoxy) is 3. The zero-order valence-electron chi connectivity index (χ0n) is 15.6. The van der Waals surface area contributed by atoms with E-state index in [2.05, 4.69) is 0 Å². The minimum absolute atomic E-state index is 0.295. The first kappa shape index (κ1) is 18.6. The Bertz CT molecular complexity index is 923. The molecule has 0 spiro atoms. The van der Waals surface area contributed by atoms with Crippen molar-refractivity contribution in [1.82, 2.24) is 0 Å². The van der Waals surface area contributed by atoms with E-state index >= 15 is 0 Å². The summed E-state index contributed by atoms with van der Waals surface area (Å²) in [6, 6.07) is 9.62. The molecule has 6 heteroatoms. The molecule has 0 bridgehead atoms. The van der Waals surface area contributed by atoms with Gasteiger partial charge >= 0.3 is 11.9 Å². The van der Waals surface area contributed by atoms with Crippen molar-refractivity contribution in [3.8, 4) is 11.5 Å². The number of carbonyl (C=O) groups is 3. The van der Waals surface area contributed by atoms with Gasteiger partial charge in [-0.2, -0.15) is 0 Å². The van der Waals surface area contributed by atoms with Crippen LogP contribution in [0, 0.1) is 0 Å². The van der Waals surface area contributed by atoms with Crippen LogP contribution in [0.4, 0.5) is 0 Å². The van der Waals surface area contributed by atoms with Gasteiger partial charge in [0.1, 0.15) is 29.3 Å². The van der Waals surface area contributed by atoms with Crippen LogP contribution in [0.25, 0.3) is 0 Å². The van der Waals surface area contributed by atoms with E-state index in [0.29, 0.717) is 40.0 Å². The number of hydrogen-bond acceptors (Lipinski definition) is 6. The van der Waals surface area contributed by atoms with Crippen molar-refractivity contribution < 1.29 is 28.6 Å². The molecular formula is C21H20O6. The summed E-state index contributed by atoms with van der Waals surface area (Å²) in [7, 11) is 1.29. The summed E-state index contributed by atoms with van der Waals surface area (Å²) in [5.41, 5.74) is 1.02. The Morgan fingerprint density at radius 3 is 2.26 bits per heavy atom. The average molecular weight is 368 g/mol. The predicted octanol–water partition coefficient (Wildman–Crippen LogP) is 3.87. The number of aldehydes is 1. The standard InChI is InChI=1S/C21H20O6/c1-21(2,3)27-20(24)18-14-9-12(11-22)5-7-16(14)26-17-8-6-13(10-15(17)18)19(23)25-4/h5-11,18H,1-4H3. The van der Waals surface area contributed by atoms with E-state index in [1.807, 2.05) is 0 Å². The first-order valence-electron chi connectivity index (χ1n) is 8.45. The van der Waals surface area contributed by atoms with Gasteiger partial charge in [-0.3, -0.25) is 9.59 Å². The molecule has 1 heterocycles. The molecule has 0 radical (unpaired) electrons. The Labute approximate surface area is 157 Å². The van der Waals surface area contributed by atoms with E-state index in [1.165, 1.54) is 7.11 Å². The molecule has 1 aliphatic rings. The van der Waals surface area contributed by atoms with Gasteiger partial charge in [0.05, 0.1) is 12.7 Å². The minimum atomic E-state index is -0.826. The summed E-state index contributed by atoms with van der Waals surface area (Å²) in [4.78, 5) is 36.1. The van der Waals surface area contributed by atoms with Crippen LogP contribution in [0.2, 0.25) is 0 Å². The molecule has 1 atom stereocenters. The third kappa shape index (κ3) is 3.69. The molecule has 0 saturated heterocycles. The second-order valence-electron chi connectivity index (χ2n) is 7.23. The van der Waals surface area contributed by atoms with Crippen LogP contribution in [0.5, 0.6) is 11.5 Å². The van der Waals surface area contributed by atoms with Gasteiger partial charge in [-0.25, -0.2) is 4.79 Å². The summed E-state index contributed by atoms with van der Waals surface area (Å²) >= 11 is 0. The second kappa shape index (κ2) is 6.87. The first-order chi connectivity index (χ1) is 12.7. The Kier molecular flexibility index (Phi) is 4.74. The fraction of sp³-hybridized carbons (Fsp3) is 0.286. The van der Waals surface area contributed by atoms with Crippen LogP contribution in [0.1, 0.15) is 58.5 Å². The maximum Gasteiger partial charge on any atom is 0.337 e. The topological polar surface area (TPSA) is 78.9 Å². The lowest BCUT2D eigenvalue weighted by Crippen LogP contribution is -2.30. The highest BCUT2D eigenvalue weighted by molar-refractivity contribution is 5.92. The van der Waals surface area contributed by atoms with Gasteiger partial charge in [0.15, 0.2) is 0 Å². The monoisotopic (exact) mass is 368 g/mol. The normalized spacial score (nSPS) is 15.0. The molecule has 0 N–H and O–H groups in total. The van der Waals surface area contributed by atoms with E-state index in [4.69, 9.17) is 14.2 Å². The van der Waals surface area contributed by atoms with Crippen molar-refractivity contribution in [3.05, 3.63) is 58.7 Å². The zero-order valence-corrected chi connectivity index (χ0v) is 15.6. The molecule has 140 valence electrons. The van der Waals surface area contributed by atoms with Gasteiger partial charge < -0.3 is 14.2 Å². The van der Waals surface area contributed by atoms with E-state index in [9.17, 15) is 14.4 Å². The van der Waals surface area contributed by atoms with Crippen LogP contribution in [-0.2, 0) is 14.3 Å². The molecule has 0 saturated carbocycles. The summed E-state index contributed by atoms with van der Waals surface area (Å²) < 4.78 is 16.2. The highest BCUT2D eigenvalue weighted by Crippen LogP contribution is 2.45. The van der Waals surface area contributed by atoms with Crippen LogP contribution < -0.4 is 4.74 Å². The number of esters is 2. The smallest absolute Gasteiger partial charge is 0.337 e. The molecule has 0 aromatic heterocycles. The van der Waals surface area contributed by atoms with E-state index < -0.39 is 23.5 Å². The van der Waals surface area contributed by atoms with Crippen LogP contribution in [0.15, 0.2) is 36.4 Å². The summed E-state index contributed by atoms with van der Waals surface area (Å²) in [6.45, 7) is 5.33. The minimum Gasteiger partial charge on any atom is -0.465 e. The van der Waals surface area contributed by atoms with Gasteiger partial charge in [-0.05, 0) is 57.2 Å². The maximum atomic E-state index is 13.0. The molecule has 27 heavy (non-hydrogen) atoms. The Morgan fingerprint density at radius 1 is 1.04 bits per heavy atom. The number of fused-ring (bicyclic) bond motifs is 2. The number of rotatable bonds is 3. The molecule has 0 aliphatic carbocycles. The molecule has 2 aromatic rings. The van der Waals surface area contributed by atoms with Gasteiger partial charge in [-0.15, -0.1) is 0 Å². The zero-order chi connectivity index (χ0) is 19.8. The van der Waals surface area contributed by atoms with Crippen LogP contribution in [0.3, 0.4) is 0 Å². The summed E-state index contributed by atoms with van der Waals surface area (Å²) in [5.74, 6) is -0.918. The average Bonchev–Trinajstić information content (AvgIpc) is 2.62. The number of hydrogen-bond donors (Lipinski definition) is 0. The van der Waals surface area contributed by atoms with Crippen LogP contribution in [-0.4, -0.2) is 30.9 Å². The fourth-order valence-corrected chi connectivity index (χ4v) is 2.97. The SMILES string of the molecule is COC(=O)c1ccc2c(c1)C(C(=O)OC(C)(C)C)c1cc(C=O)ccc1O2. The quantitative estimate of drug-likeness (QED) is 0.605. The lowest BCUT2D eigenvalue weighted by molar-refractivity contribution is -0.155. The molecule has 3 rings (SSSR count). The van der Waals surface area contributed by atoms with Gasteiger partial charge in [-0.1, -0.05) is 0 Å². The molecule has 0 amide bonds. The van der Waals surface area contributed by atoms with Crippen molar-refractivity contribution in [2.45, 2.75) is 32.3 Å². The fourth-order valence-electron chi connectivity index (χ4n) is 2.97. The van der Waals surface area contributed by atoms with Crippen LogP contribution >= 0.6 is 0 Å². The summed E-state index contributed by atoms with van der Waals surface area (Å²) in [6.07, 6.45) is 0.701. The third-order valence-electron chi connectivity index (χ3n) is 4.09. The lowest BCUT2D eigenvalue weighted by atomic mass is 9.86. The van der Waals surface area contributed by atoms with E-state index in [-0.39, 0.29) is 0 Å². The molecule has 1 aliphatic heterocycles. The highest BCUT2D eigenvalue weighted by atomic mass is 16.6. The Morgan fingerprint density at radius 2 is 1.67 bits per heavy atom. The van der Waals surface area contributed by atoms with Gasteiger partial charge in [0.25, 0.3) is 0 Å². The third-order valence-corrected chi connectivity index (χ3v) is 4.09. The van der Waals surface area contributed by atoms with Crippen molar-refractivity contribution in [1.29, 1.82) is 0 Å². The molecule has 6 nitrogen and oxygen atoms in total. The summed E-state index contributed by atoms with van der Waals surface area (Å²) in [5, 5.41) is 0. The van der Waals surface area contributed by atoms with Crippen molar-refractivity contribution in [2.75, 3.05) is 7.11 Å². The van der Waals surface area contributed by atoms with E-state index in [0.717, 1.165) is 0 Å². The first-order valence-corrected chi connectivity index (χ1v) is 8.45. The largest absolute Gasteiger partial charge is 0.465 e. The van der Waals surface area contributed by atoms with Gasteiger partial charge in [0, 0.05) is 16.7 Å². The molecule has 1 unspecified atom stereocenters. The van der Waals surface area contributed by atoms with E-state index in [1.54, 1.807) is 57.2 Å².